The summed E-state index contributed by atoms with van der Waals surface area (Å²) < 4.78 is 0. The summed E-state index contributed by atoms with van der Waals surface area (Å²) in [6.07, 6.45) is 3.75. The van der Waals surface area contributed by atoms with Crippen LogP contribution in [0, 0.1) is 0 Å². The van der Waals surface area contributed by atoms with Gasteiger partial charge in [0.1, 0.15) is 8.07 Å². The van der Waals surface area contributed by atoms with Crippen LogP contribution < -0.4 is 10.5 Å². The first-order chi connectivity index (χ1) is 8.14. The molecule has 17 heavy (non-hydrogen) atoms. The summed E-state index contributed by atoms with van der Waals surface area (Å²) in [6, 6.07) is 14.8. The largest absolute Gasteiger partial charge is 0.266 e. The molecule has 0 atom stereocenters. The molecule has 1 nitrogen and oxygen atoms in total. The number of aromatic nitrogens is 1. The molecule has 1 aromatic carbocycles. The molecule has 2 rings (SSSR count). The SMILES string of the molecule is C=Cc1ccc([Si](C)(C)c2ccccn2)cc1. The first kappa shape index (κ1) is 11.8. The highest BCUT2D eigenvalue weighted by Gasteiger charge is 2.26. The maximum absolute atomic E-state index is 4.51. The number of pyridine rings is 1. The molecule has 0 N–H and O–H groups in total. The number of hydrogen-bond acceptors (Lipinski definition) is 1. The second-order valence-corrected chi connectivity index (χ2v) is 9.01. The van der Waals surface area contributed by atoms with Gasteiger partial charge >= 0.3 is 0 Å². The van der Waals surface area contributed by atoms with Crippen LogP contribution >= 0.6 is 0 Å². The highest BCUT2D eigenvalue weighted by atomic mass is 28.3. The van der Waals surface area contributed by atoms with Crippen molar-refractivity contribution in [1.29, 1.82) is 0 Å². The predicted molar refractivity (Wildman–Crippen MR) is 77.5 cm³/mol. The third-order valence-electron chi connectivity index (χ3n) is 3.17. The van der Waals surface area contributed by atoms with Crippen LogP contribution in [0.3, 0.4) is 0 Å². The van der Waals surface area contributed by atoms with Crippen LogP contribution in [0.4, 0.5) is 0 Å². The van der Waals surface area contributed by atoms with E-state index in [-0.39, 0.29) is 0 Å². The minimum atomic E-state index is -1.64. The van der Waals surface area contributed by atoms with Gasteiger partial charge in [-0.2, -0.15) is 0 Å². The molecule has 0 saturated heterocycles. The molecule has 0 aliphatic heterocycles. The monoisotopic (exact) mass is 239 g/mol. The molecule has 0 aliphatic carbocycles. The van der Waals surface area contributed by atoms with E-state index < -0.39 is 8.07 Å². The van der Waals surface area contributed by atoms with Crippen LogP contribution in [0.5, 0.6) is 0 Å². The summed E-state index contributed by atoms with van der Waals surface area (Å²) >= 11 is 0. The zero-order chi connectivity index (χ0) is 12.3. The second kappa shape index (κ2) is 4.68. The summed E-state index contributed by atoms with van der Waals surface area (Å²) in [5.74, 6) is 0. The summed E-state index contributed by atoms with van der Waals surface area (Å²) in [4.78, 5) is 4.51. The summed E-state index contributed by atoms with van der Waals surface area (Å²) in [6.45, 7) is 8.44. The summed E-state index contributed by atoms with van der Waals surface area (Å²) in [5, 5.41) is 2.63. The topological polar surface area (TPSA) is 12.9 Å². The molecule has 0 spiro atoms. The molecular formula is C15H17NSi. The molecule has 1 aromatic heterocycles. The van der Waals surface area contributed by atoms with Gasteiger partial charge in [0, 0.05) is 11.5 Å². The van der Waals surface area contributed by atoms with Crippen molar-refractivity contribution in [3.05, 3.63) is 60.8 Å². The molecular weight excluding hydrogens is 222 g/mol. The Morgan fingerprint density at radius 3 is 2.29 bits per heavy atom. The van der Waals surface area contributed by atoms with Gasteiger partial charge < -0.3 is 0 Å². The smallest absolute Gasteiger partial charge is 0.135 e. The Hall–Kier alpha value is -1.67. The van der Waals surface area contributed by atoms with Gasteiger partial charge in [-0.05, 0) is 17.7 Å². The quantitative estimate of drug-likeness (QED) is 0.750. The fraction of sp³-hybridized carbons (Fsp3) is 0.133. The molecule has 2 aromatic rings. The van der Waals surface area contributed by atoms with E-state index in [1.165, 1.54) is 16.1 Å². The molecule has 86 valence electrons. The van der Waals surface area contributed by atoms with Crippen molar-refractivity contribution >= 4 is 24.7 Å². The lowest BCUT2D eigenvalue weighted by molar-refractivity contribution is 1.37. The van der Waals surface area contributed by atoms with E-state index in [4.69, 9.17) is 0 Å². The van der Waals surface area contributed by atoms with Gasteiger partial charge in [-0.25, -0.2) is 0 Å². The number of nitrogens with zero attached hydrogens (tertiary/aromatic N) is 1. The first-order valence-electron chi connectivity index (χ1n) is 5.79. The van der Waals surface area contributed by atoms with Crippen LogP contribution in [-0.4, -0.2) is 13.1 Å². The Kier molecular flexibility index (Phi) is 3.25. The fourth-order valence-corrected chi connectivity index (χ4v) is 4.12. The number of rotatable bonds is 3. The zero-order valence-corrected chi connectivity index (χ0v) is 11.4. The molecule has 0 fully saturated rings. The van der Waals surface area contributed by atoms with E-state index in [2.05, 4.69) is 61.1 Å². The van der Waals surface area contributed by atoms with Gasteiger partial charge in [0.05, 0.1) is 0 Å². The average molecular weight is 239 g/mol. The lowest BCUT2D eigenvalue weighted by atomic mass is 10.2. The molecule has 0 amide bonds. The highest BCUT2D eigenvalue weighted by Crippen LogP contribution is 2.05. The minimum absolute atomic E-state index is 1.17. The number of hydrogen-bond donors (Lipinski definition) is 0. The number of benzene rings is 1. The van der Waals surface area contributed by atoms with Gasteiger partial charge in [-0.15, -0.1) is 0 Å². The van der Waals surface area contributed by atoms with Gasteiger partial charge in [0.2, 0.25) is 0 Å². The van der Waals surface area contributed by atoms with Crippen molar-refractivity contribution in [2.45, 2.75) is 13.1 Å². The standard InChI is InChI=1S/C15H17NSi/c1-4-13-8-10-14(11-9-13)17(2,3)15-7-5-6-12-16-15/h4-12H,1H2,2-3H3. The van der Waals surface area contributed by atoms with Crippen molar-refractivity contribution in [2.24, 2.45) is 0 Å². The van der Waals surface area contributed by atoms with E-state index in [1.54, 1.807) is 0 Å². The van der Waals surface area contributed by atoms with E-state index >= 15 is 0 Å². The third kappa shape index (κ3) is 2.37. The highest BCUT2D eigenvalue weighted by molar-refractivity contribution is 6.99. The minimum Gasteiger partial charge on any atom is -0.266 e. The molecule has 1 heterocycles. The van der Waals surface area contributed by atoms with Gasteiger partial charge in [-0.1, -0.05) is 61.3 Å². The van der Waals surface area contributed by atoms with Crippen molar-refractivity contribution in [3.8, 4) is 0 Å². The van der Waals surface area contributed by atoms with Crippen LogP contribution in [-0.2, 0) is 0 Å². The Balaban J connectivity index is 2.40. The predicted octanol–water partition coefficient (Wildman–Crippen LogP) is 2.55. The zero-order valence-electron chi connectivity index (χ0n) is 10.4. The average Bonchev–Trinajstić information content (AvgIpc) is 2.40. The Morgan fingerprint density at radius 2 is 1.76 bits per heavy atom. The lowest BCUT2D eigenvalue weighted by Gasteiger charge is -2.22. The van der Waals surface area contributed by atoms with Crippen LogP contribution in [0.25, 0.3) is 6.08 Å². The van der Waals surface area contributed by atoms with Crippen molar-refractivity contribution < 1.29 is 0 Å². The van der Waals surface area contributed by atoms with E-state index in [9.17, 15) is 0 Å². The van der Waals surface area contributed by atoms with Gasteiger partial charge in [0.25, 0.3) is 0 Å². The van der Waals surface area contributed by atoms with Crippen LogP contribution in [0.2, 0.25) is 13.1 Å². The summed E-state index contributed by atoms with van der Waals surface area (Å²) in [5.41, 5.74) is 1.17. The first-order valence-corrected chi connectivity index (χ1v) is 8.79. The molecule has 0 saturated carbocycles. The van der Waals surface area contributed by atoms with Gasteiger partial charge in [0.15, 0.2) is 0 Å². The van der Waals surface area contributed by atoms with Crippen molar-refractivity contribution in [2.75, 3.05) is 0 Å². The van der Waals surface area contributed by atoms with E-state index in [0.29, 0.717) is 0 Å². The van der Waals surface area contributed by atoms with Crippen LogP contribution in [0.15, 0.2) is 55.2 Å². The van der Waals surface area contributed by atoms with E-state index in [0.717, 1.165) is 0 Å². The summed E-state index contributed by atoms with van der Waals surface area (Å²) in [7, 11) is -1.64. The van der Waals surface area contributed by atoms with Crippen molar-refractivity contribution in [3.63, 3.8) is 0 Å². The second-order valence-electron chi connectivity index (χ2n) is 4.67. The fourth-order valence-electron chi connectivity index (χ4n) is 1.92. The molecule has 0 unspecified atom stereocenters. The molecule has 0 aliphatic rings. The van der Waals surface area contributed by atoms with Crippen molar-refractivity contribution in [1.82, 2.24) is 4.98 Å². The lowest BCUT2D eigenvalue weighted by Crippen LogP contribution is -2.54. The van der Waals surface area contributed by atoms with Gasteiger partial charge in [-0.3, -0.25) is 4.98 Å². The molecule has 2 heteroatoms. The maximum atomic E-state index is 4.51. The van der Waals surface area contributed by atoms with E-state index in [1.807, 2.05) is 18.3 Å². The Morgan fingerprint density at radius 1 is 1.06 bits per heavy atom. The van der Waals surface area contributed by atoms with Crippen LogP contribution in [0.1, 0.15) is 5.56 Å². The maximum Gasteiger partial charge on any atom is 0.135 e. The molecule has 0 bridgehead atoms. The Bertz CT molecular complexity index is 500. The Labute approximate surface area is 104 Å². The third-order valence-corrected chi connectivity index (χ3v) is 6.53. The normalized spacial score (nSPS) is 11.2. The molecule has 0 radical (unpaired) electrons.